The summed E-state index contributed by atoms with van der Waals surface area (Å²) in [4.78, 5) is 16.0. The summed E-state index contributed by atoms with van der Waals surface area (Å²) in [7, 11) is 0. The first-order valence-electron chi connectivity index (χ1n) is 10.8. The smallest absolute Gasteiger partial charge is 0.191 e. The topological polar surface area (TPSA) is 61.0 Å². The van der Waals surface area contributed by atoms with Crippen LogP contribution in [0, 0.1) is 11.7 Å². The zero-order valence-corrected chi connectivity index (χ0v) is 20.4. The third kappa shape index (κ3) is 6.21. The quantitative estimate of drug-likeness (QED) is 0.366. The van der Waals surface area contributed by atoms with Gasteiger partial charge in [0.05, 0.1) is 6.54 Å². The molecular formula is C23H32FIN6. The number of guanidine groups is 1. The van der Waals surface area contributed by atoms with Crippen molar-refractivity contribution < 1.29 is 4.39 Å². The Bertz CT molecular complexity index is 867. The number of halogens is 2. The number of nitrogens with zero attached hydrogens (tertiary/aromatic N) is 5. The minimum atomic E-state index is -0.198. The highest BCUT2D eigenvalue weighted by molar-refractivity contribution is 14.0. The van der Waals surface area contributed by atoms with Gasteiger partial charge >= 0.3 is 0 Å². The Morgan fingerprint density at radius 1 is 1.10 bits per heavy atom. The van der Waals surface area contributed by atoms with Crippen molar-refractivity contribution in [2.75, 3.05) is 49.1 Å². The second-order valence-corrected chi connectivity index (χ2v) is 8.34. The second kappa shape index (κ2) is 11.0. The molecule has 1 aromatic carbocycles. The number of piperidine rings is 1. The number of benzene rings is 1. The predicted molar refractivity (Wildman–Crippen MR) is 136 cm³/mol. The van der Waals surface area contributed by atoms with Crippen molar-refractivity contribution in [3.63, 3.8) is 0 Å². The van der Waals surface area contributed by atoms with Crippen molar-refractivity contribution in [1.29, 1.82) is 0 Å². The van der Waals surface area contributed by atoms with E-state index >= 15 is 0 Å². The molecule has 2 aromatic rings. The Balaban J connectivity index is 0.00000272. The van der Waals surface area contributed by atoms with Crippen molar-refractivity contribution in [1.82, 2.24) is 9.88 Å². The van der Waals surface area contributed by atoms with Gasteiger partial charge in [-0.2, -0.15) is 0 Å². The van der Waals surface area contributed by atoms with Gasteiger partial charge < -0.3 is 20.4 Å². The molecule has 4 rings (SSSR count). The van der Waals surface area contributed by atoms with Crippen LogP contribution in [-0.4, -0.2) is 55.1 Å². The molecule has 0 radical (unpaired) electrons. The average molecular weight is 538 g/mol. The number of rotatable bonds is 4. The molecule has 2 aliphatic rings. The van der Waals surface area contributed by atoms with E-state index in [0.29, 0.717) is 18.4 Å². The van der Waals surface area contributed by atoms with Gasteiger partial charge in [-0.05, 0) is 60.7 Å². The summed E-state index contributed by atoms with van der Waals surface area (Å²) in [6.07, 6.45) is 4.30. The number of piperazine rings is 1. The van der Waals surface area contributed by atoms with Crippen molar-refractivity contribution >= 4 is 41.4 Å². The van der Waals surface area contributed by atoms with E-state index in [4.69, 9.17) is 5.73 Å². The lowest BCUT2D eigenvalue weighted by Crippen LogP contribution is -2.46. The third-order valence-electron chi connectivity index (χ3n) is 6.01. The van der Waals surface area contributed by atoms with Gasteiger partial charge in [0.25, 0.3) is 0 Å². The van der Waals surface area contributed by atoms with E-state index in [-0.39, 0.29) is 29.8 Å². The van der Waals surface area contributed by atoms with Crippen LogP contribution in [0.5, 0.6) is 0 Å². The number of hydrogen-bond donors (Lipinski definition) is 1. The molecule has 3 heterocycles. The molecule has 168 valence electrons. The number of likely N-dealkylation sites (tertiary alicyclic amines) is 1. The highest BCUT2D eigenvalue weighted by Crippen LogP contribution is 2.21. The number of anilines is 2. The SMILES string of the molecule is CC1CCCN(C(N)=NCc2ccnc(N3CCN(c4ccc(F)cc4)CC3)c2)C1.I. The van der Waals surface area contributed by atoms with E-state index in [0.717, 1.165) is 56.3 Å². The molecule has 0 aliphatic carbocycles. The van der Waals surface area contributed by atoms with Gasteiger partial charge in [0.1, 0.15) is 11.6 Å². The summed E-state index contributed by atoms with van der Waals surface area (Å²) in [5.41, 5.74) is 8.42. The predicted octanol–water partition coefficient (Wildman–Crippen LogP) is 3.71. The fraction of sp³-hybridized carbons (Fsp3) is 0.478. The summed E-state index contributed by atoms with van der Waals surface area (Å²) in [6, 6.07) is 10.8. The minimum absolute atomic E-state index is 0. The van der Waals surface area contributed by atoms with Crippen molar-refractivity contribution in [2.45, 2.75) is 26.3 Å². The maximum Gasteiger partial charge on any atom is 0.191 e. The number of nitrogens with two attached hydrogens (primary N) is 1. The van der Waals surface area contributed by atoms with Crippen molar-refractivity contribution in [2.24, 2.45) is 16.6 Å². The van der Waals surface area contributed by atoms with Crippen LogP contribution in [0.2, 0.25) is 0 Å². The zero-order chi connectivity index (χ0) is 20.9. The van der Waals surface area contributed by atoms with Gasteiger partial charge in [0.15, 0.2) is 5.96 Å². The van der Waals surface area contributed by atoms with Gasteiger partial charge in [-0.15, -0.1) is 24.0 Å². The minimum Gasteiger partial charge on any atom is -0.370 e. The monoisotopic (exact) mass is 538 g/mol. The number of hydrogen-bond acceptors (Lipinski definition) is 4. The normalized spacial score (nSPS) is 19.9. The summed E-state index contributed by atoms with van der Waals surface area (Å²) < 4.78 is 13.2. The highest BCUT2D eigenvalue weighted by atomic mass is 127. The molecule has 0 saturated carbocycles. The molecule has 0 bridgehead atoms. The van der Waals surface area contributed by atoms with E-state index in [1.165, 1.54) is 25.0 Å². The van der Waals surface area contributed by atoms with Crippen LogP contribution < -0.4 is 15.5 Å². The van der Waals surface area contributed by atoms with Crippen LogP contribution >= 0.6 is 24.0 Å². The standard InChI is InChI=1S/C23H31FN6.HI/c1-18-3-2-10-30(17-18)23(25)27-16-19-8-9-26-22(15-19)29-13-11-28(12-14-29)21-6-4-20(24)5-7-21;/h4-9,15,18H,2-3,10-14,16-17H2,1H3,(H2,25,27);1H. The van der Waals surface area contributed by atoms with E-state index in [2.05, 4.69) is 37.7 Å². The summed E-state index contributed by atoms with van der Waals surface area (Å²) in [5, 5.41) is 0. The van der Waals surface area contributed by atoms with Crippen LogP contribution in [0.15, 0.2) is 47.6 Å². The molecule has 31 heavy (non-hydrogen) atoms. The lowest BCUT2D eigenvalue weighted by Gasteiger charge is -2.36. The number of aromatic nitrogens is 1. The first-order valence-corrected chi connectivity index (χ1v) is 10.8. The number of aliphatic imine (C=N–C) groups is 1. The fourth-order valence-electron chi connectivity index (χ4n) is 4.25. The molecule has 1 aromatic heterocycles. The van der Waals surface area contributed by atoms with E-state index in [9.17, 15) is 4.39 Å². The molecule has 2 saturated heterocycles. The molecule has 2 fully saturated rings. The molecule has 8 heteroatoms. The molecule has 0 spiro atoms. The molecular weight excluding hydrogens is 506 g/mol. The lowest BCUT2D eigenvalue weighted by atomic mass is 10.0. The van der Waals surface area contributed by atoms with Crippen LogP contribution in [0.3, 0.4) is 0 Å². The Morgan fingerprint density at radius 3 is 2.52 bits per heavy atom. The Morgan fingerprint density at radius 2 is 1.81 bits per heavy atom. The first kappa shape index (κ1) is 23.6. The largest absolute Gasteiger partial charge is 0.370 e. The molecule has 2 N–H and O–H groups in total. The van der Waals surface area contributed by atoms with Gasteiger partial charge in [0, 0.05) is 51.2 Å². The van der Waals surface area contributed by atoms with Crippen LogP contribution in [0.4, 0.5) is 15.9 Å². The van der Waals surface area contributed by atoms with Gasteiger partial charge in [0.2, 0.25) is 0 Å². The highest BCUT2D eigenvalue weighted by Gasteiger charge is 2.19. The maximum atomic E-state index is 13.2. The van der Waals surface area contributed by atoms with E-state index in [1.54, 1.807) is 0 Å². The first-order chi connectivity index (χ1) is 14.6. The zero-order valence-electron chi connectivity index (χ0n) is 18.1. The Kier molecular flexibility index (Phi) is 8.34. The fourth-order valence-corrected chi connectivity index (χ4v) is 4.25. The molecule has 0 amide bonds. The van der Waals surface area contributed by atoms with Crippen LogP contribution in [0.1, 0.15) is 25.3 Å². The molecule has 2 aliphatic heterocycles. The molecule has 1 unspecified atom stereocenters. The summed E-state index contributed by atoms with van der Waals surface area (Å²) in [6.45, 7) is 8.36. The van der Waals surface area contributed by atoms with Gasteiger partial charge in [-0.3, -0.25) is 0 Å². The Labute approximate surface area is 201 Å². The van der Waals surface area contributed by atoms with E-state index < -0.39 is 0 Å². The van der Waals surface area contributed by atoms with Crippen LogP contribution in [0.25, 0.3) is 0 Å². The maximum absolute atomic E-state index is 13.2. The third-order valence-corrected chi connectivity index (χ3v) is 6.01. The van der Waals surface area contributed by atoms with Gasteiger partial charge in [-0.1, -0.05) is 6.92 Å². The van der Waals surface area contributed by atoms with Gasteiger partial charge in [-0.25, -0.2) is 14.4 Å². The van der Waals surface area contributed by atoms with Crippen LogP contribution in [-0.2, 0) is 6.54 Å². The van der Waals surface area contributed by atoms with Crippen molar-refractivity contribution in [3.8, 4) is 0 Å². The second-order valence-electron chi connectivity index (χ2n) is 8.34. The Hall–Kier alpha value is -2.10. The average Bonchev–Trinajstić information content (AvgIpc) is 2.78. The number of pyridine rings is 1. The van der Waals surface area contributed by atoms with E-state index in [1.807, 2.05) is 24.4 Å². The molecule has 6 nitrogen and oxygen atoms in total. The van der Waals surface area contributed by atoms with Crippen molar-refractivity contribution in [3.05, 3.63) is 54.0 Å². The summed E-state index contributed by atoms with van der Waals surface area (Å²) in [5.74, 6) is 2.10. The summed E-state index contributed by atoms with van der Waals surface area (Å²) >= 11 is 0. The molecule has 1 atom stereocenters. The lowest BCUT2D eigenvalue weighted by molar-refractivity contribution is 0.270.